The third kappa shape index (κ3) is 2.43. The number of benzene rings is 1. The summed E-state index contributed by atoms with van der Waals surface area (Å²) in [6, 6.07) is 1.04. The molecule has 7 nitrogen and oxygen atoms in total. The van der Waals surface area contributed by atoms with Gasteiger partial charge in [0.25, 0.3) is 5.91 Å². The minimum absolute atomic E-state index is 0.000790. The maximum atomic E-state index is 13.1. The molecular formula is C25H32N2O5. The van der Waals surface area contributed by atoms with Crippen LogP contribution in [-0.2, 0) is 22.5 Å². The first kappa shape index (κ1) is 21.4. The first-order valence-corrected chi connectivity index (χ1v) is 11.5. The number of rotatable bonds is 1. The topological polar surface area (TPSA) is 108 Å². The van der Waals surface area contributed by atoms with Crippen LogP contribution in [0.2, 0.25) is 0 Å². The van der Waals surface area contributed by atoms with E-state index in [-0.39, 0.29) is 23.0 Å². The molecule has 4 aliphatic rings. The Hall–Kier alpha value is -2.41. The van der Waals surface area contributed by atoms with Gasteiger partial charge >= 0.3 is 5.97 Å². The number of carbonyl (C=O) groups is 3. The molecule has 32 heavy (non-hydrogen) atoms. The van der Waals surface area contributed by atoms with E-state index in [1.54, 1.807) is 6.07 Å². The lowest BCUT2D eigenvalue weighted by atomic mass is 9.43. The van der Waals surface area contributed by atoms with Crippen molar-refractivity contribution in [2.24, 2.45) is 28.4 Å². The molecule has 1 amide bonds. The van der Waals surface area contributed by atoms with Crippen molar-refractivity contribution in [2.45, 2.75) is 71.6 Å². The number of Topliss-reactive ketones (excluding diaryl/α,β-unsaturated/α-hetero) is 1. The SMILES string of the molecule is COC(=O)c1cc2c(c3c1C[C@]1(C)[C@@H](C)CC[C@H]4C(C)(C)C(=O)C(N)C[C@]41O3)CNC2=O. The molecule has 1 aromatic carbocycles. The number of ether oxygens (including phenoxy) is 2. The van der Waals surface area contributed by atoms with Crippen molar-refractivity contribution in [3.05, 3.63) is 28.3 Å². The summed E-state index contributed by atoms with van der Waals surface area (Å²) >= 11 is 0. The Morgan fingerprint density at radius 3 is 2.62 bits per heavy atom. The molecule has 5 rings (SSSR count). The van der Waals surface area contributed by atoms with Crippen molar-refractivity contribution in [3.8, 4) is 5.75 Å². The molecular weight excluding hydrogens is 408 g/mol. The molecule has 2 heterocycles. The van der Waals surface area contributed by atoms with Crippen LogP contribution in [0.5, 0.6) is 5.75 Å². The molecule has 2 aliphatic heterocycles. The summed E-state index contributed by atoms with van der Waals surface area (Å²) in [5.41, 5.74) is 7.29. The molecule has 0 saturated heterocycles. The van der Waals surface area contributed by atoms with Crippen LogP contribution in [0.15, 0.2) is 6.07 Å². The van der Waals surface area contributed by atoms with Crippen LogP contribution in [0.1, 0.15) is 78.8 Å². The van der Waals surface area contributed by atoms with Crippen molar-refractivity contribution in [1.29, 1.82) is 0 Å². The van der Waals surface area contributed by atoms with Gasteiger partial charge in [0, 0.05) is 46.4 Å². The van der Waals surface area contributed by atoms with Crippen LogP contribution < -0.4 is 15.8 Å². The molecule has 7 heteroatoms. The second kappa shape index (κ2) is 6.56. The molecule has 0 aromatic heterocycles. The highest BCUT2D eigenvalue weighted by Gasteiger charge is 2.69. The first-order valence-electron chi connectivity index (χ1n) is 11.5. The Morgan fingerprint density at radius 2 is 1.94 bits per heavy atom. The summed E-state index contributed by atoms with van der Waals surface area (Å²) in [5, 5.41) is 2.86. The number of nitrogens with one attached hydrogen (secondary N) is 1. The van der Waals surface area contributed by atoms with Gasteiger partial charge < -0.3 is 20.5 Å². The van der Waals surface area contributed by atoms with E-state index in [9.17, 15) is 14.4 Å². The Kier molecular flexibility index (Phi) is 4.40. The zero-order chi connectivity index (χ0) is 23.2. The maximum absolute atomic E-state index is 13.1. The summed E-state index contributed by atoms with van der Waals surface area (Å²) in [6.45, 7) is 8.81. The van der Waals surface area contributed by atoms with Crippen molar-refractivity contribution < 1.29 is 23.9 Å². The second-order valence-corrected chi connectivity index (χ2v) is 10.9. The van der Waals surface area contributed by atoms with Crippen LogP contribution in [-0.4, -0.2) is 36.4 Å². The highest BCUT2D eigenvalue weighted by Crippen LogP contribution is 2.65. The minimum atomic E-state index is -0.650. The van der Waals surface area contributed by atoms with E-state index in [1.165, 1.54) is 7.11 Å². The van der Waals surface area contributed by atoms with Crippen LogP contribution in [0.3, 0.4) is 0 Å². The van der Waals surface area contributed by atoms with Crippen molar-refractivity contribution in [1.82, 2.24) is 5.32 Å². The number of esters is 1. The van der Waals surface area contributed by atoms with Gasteiger partial charge in [-0.2, -0.15) is 0 Å². The molecule has 0 radical (unpaired) electrons. The van der Waals surface area contributed by atoms with Crippen molar-refractivity contribution >= 4 is 17.7 Å². The summed E-state index contributed by atoms with van der Waals surface area (Å²) < 4.78 is 12.1. The highest BCUT2D eigenvalue weighted by atomic mass is 16.5. The Bertz CT molecular complexity index is 1060. The Morgan fingerprint density at radius 1 is 1.22 bits per heavy atom. The van der Waals surface area contributed by atoms with E-state index in [0.717, 1.165) is 24.0 Å². The quantitative estimate of drug-likeness (QED) is 0.650. The average Bonchev–Trinajstić information content (AvgIpc) is 3.11. The van der Waals surface area contributed by atoms with Crippen LogP contribution in [0.25, 0.3) is 0 Å². The smallest absolute Gasteiger partial charge is 0.338 e. The van der Waals surface area contributed by atoms with Gasteiger partial charge in [-0.05, 0) is 31.2 Å². The molecule has 5 atom stereocenters. The highest BCUT2D eigenvalue weighted by molar-refractivity contribution is 6.03. The van der Waals surface area contributed by atoms with E-state index in [2.05, 4.69) is 19.2 Å². The third-order valence-corrected chi connectivity index (χ3v) is 9.26. The standard InChI is InChI=1S/C25H32N2O5/c1-12-6-7-18-23(2,3)20(28)17(26)10-25(18)24(12,4)9-15-14(22(30)31-5)8-13-16(19(15)32-25)11-27-21(13)29/h8,12,17-18H,6-7,9-11,26H2,1-5H3,(H,27,29)/t12-,17?,18-,24+,25-/m0/s1. The fraction of sp³-hybridized carbons (Fsp3) is 0.640. The molecule has 2 aliphatic carbocycles. The largest absolute Gasteiger partial charge is 0.486 e. The molecule has 1 spiro atoms. The zero-order valence-corrected chi connectivity index (χ0v) is 19.5. The van der Waals surface area contributed by atoms with Crippen LogP contribution >= 0.6 is 0 Å². The molecule has 1 aromatic rings. The third-order valence-electron chi connectivity index (χ3n) is 9.26. The minimum Gasteiger partial charge on any atom is -0.486 e. The van der Waals surface area contributed by atoms with Gasteiger partial charge in [0.05, 0.1) is 18.7 Å². The van der Waals surface area contributed by atoms with E-state index in [0.29, 0.717) is 42.2 Å². The van der Waals surface area contributed by atoms with Crippen LogP contribution in [0, 0.1) is 22.7 Å². The molecule has 1 unspecified atom stereocenters. The number of fused-ring (bicyclic) bond motifs is 3. The monoisotopic (exact) mass is 440 g/mol. The average molecular weight is 441 g/mol. The van der Waals surface area contributed by atoms with Gasteiger partial charge in [-0.1, -0.05) is 27.7 Å². The molecule has 172 valence electrons. The molecule has 3 N–H and O–H groups in total. The maximum Gasteiger partial charge on any atom is 0.338 e. The molecule has 2 saturated carbocycles. The van der Waals surface area contributed by atoms with Crippen LogP contribution in [0.4, 0.5) is 0 Å². The number of nitrogens with two attached hydrogens (primary N) is 1. The van der Waals surface area contributed by atoms with E-state index < -0.39 is 23.0 Å². The summed E-state index contributed by atoms with van der Waals surface area (Å²) in [6.07, 6.45) is 2.92. The lowest BCUT2D eigenvalue weighted by Crippen LogP contribution is -2.73. The van der Waals surface area contributed by atoms with Gasteiger partial charge in [-0.3, -0.25) is 9.59 Å². The van der Waals surface area contributed by atoms with E-state index in [4.69, 9.17) is 15.2 Å². The fourth-order valence-corrected chi connectivity index (χ4v) is 7.25. The predicted octanol–water partition coefficient (Wildman–Crippen LogP) is 2.77. The Labute approximate surface area is 188 Å². The van der Waals surface area contributed by atoms with Gasteiger partial charge in [0.15, 0.2) is 5.78 Å². The summed E-state index contributed by atoms with van der Waals surface area (Å²) in [5.74, 6) is 0.315. The number of amides is 1. The lowest BCUT2D eigenvalue weighted by Gasteiger charge is -2.66. The molecule has 0 bridgehead atoms. The normalized spacial score (nSPS) is 36.8. The van der Waals surface area contributed by atoms with Crippen molar-refractivity contribution in [3.63, 3.8) is 0 Å². The summed E-state index contributed by atoms with van der Waals surface area (Å²) in [7, 11) is 1.35. The van der Waals surface area contributed by atoms with Gasteiger partial charge in [-0.25, -0.2) is 4.79 Å². The number of ketones is 1. The number of methoxy groups -OCH3 is 1. The van der Waals surface area contributed by atoms with Gasteiger partial charge in [-0.15, -0.1) is 0 Å². The van der Waals surface area contributed by atoms with Crippen molar-refractivity contribution in [2.75, 3.05) is 7.11 Å². The Balaban J connectivity index is 1.78. The number of hydrogen-bond acceptors (Lipinski definition) is 6. The first-order chi connectivity index (χ1) is 15.0. The van der Waals surface area contributed by atoms with Gasteiger partial charge in [0.1, 0.15) is 11.4 Å². The molecule has 2 fully saturated rings. The number of carbonyl (C=O) groups excluding carboxylic acids is 3. The van der Waals surface area contributed by atoms with E-state index in [1.807, 2.05) is 13.8 Å². The van der Waals surface area contributed by atoms with Gasteiger partial charge in [0.2, 0.25) is 0 Å². The fourth-order valence-electron chi connectivity index (χ4n) is 7.25. The lowest BCUT2D eigenvalue weighted by molar-refractivity contribution is -0.211. The predicted molar refractivity (Wildman–Crippen MR) is 117 cm³/mol. The van der Waals surface area contributed by atoms with E-state index >= 15 is 0 Å². The zero-order valence-electron chi connectivity index (χ0n) is 19.5. The summed E-state index contributed by atoms with van der Waals surface area (Å²) in [4.78, 5) is 38.4. The number of hydrogen-bond donors (Lipinski definition) is 2. The second-order valence-electron chi connectivity index (χ2n) is 10.9.